The van der Waals surface area contributed by atoms with Crippen LogP contribution in [0.15, 0.2) is 56.8 Å². The topological polar surface area (TPSA) is 90.7 Å². The SMILES string of the molecule is CNc1oc(-c2cccc(Cl)c2)nc1S(=O)(=O)c1ccc2c(c1)OCCO2. The lowest BCUT2D eigenvalue weighted by atomic mass is 10.2. The molecule has 0 unspecified atom stereocenters. The number of sulfone groups is 1. The van der Waals surface area contributed by atoms with E-state index in [2.05, 4.69) is 10.3 Å². The Morgan fingerprint density at radius 3 is 2.59 bits per heavy atom. The summed E-state index contributed by atoms with van der Waals surface area (Å²) in [5.41, 5.74) is 0.572. The normalized spacial score (nSPS) is 13.4. The van der Waals surface area contributed by atoms with Crippen molar-refractivity contribution in [2.75, 3.05) is 25.6 Å². The van der Waals surface area contributed by atoms with Crippen LogP contribution in [0.5, 0.6) is 11.5 Å². The van der Waals surface area contributed by atoms with Gasteiger partial charge in [-0.05, 0) is 30.3 Å². The summed E-state index contributed by atoms with van der Waals surface area (Å²) in [5.74, 6) is 1.08. The van der Waals surface area contributed by atoms with Crippen LogP contribution in [0.4, 0.5) is 5.88 Å². The number of fused-ring (bicyclic) bond motifs is 1. The Morgan fingerprint density at radius 2 is 1.85 bits per heavy atom. The third-order valence-corrected chi connectivity index (χ3v) is 5.87. The Balaban J connectivity index is 1.80. The number of nitrogens with zero attached hydrogens (tertiary/aromatic N) is 1. The van der Waals surface area contributed by atoms with Crippen LogP contribution >= 0.6 is 11.6 Å². The van der Waals surface area contributed by atoms with E-state index >= 15 is 0 Å². The van der Waals surface area contributed by atoms with Gasteiger partial charge in [0.05, 0.1) is 4.90 Å². The minimum Gasteiger partial charge on any atom is -0.486 e. The van der Waals surface area contributed by atoms with E-state index in [-0.39, 0.29) is 21.7 Å². The van der Waals surface area contributed by atoms with Crippen molar-refractivity contribution in [2.45, 2.75) is 9.92 Å². The van der Waals surface area contributed by atoms with Crippen molar-refractivity contribution in [3.8, 4) is 23.0 Å². The van der Waals surface area contributed by atoms with E-state index in [4.69, 9.17) is 25.5 Å². The van der Waals surface area contributed by atoms with Gasteiger partial charge >= 0.3 is 0 Å². The van der Waals surface area contributed by atoms with Crippen LogP contribution in [0, 0.1) is 0 Å². The number of hydrogen-bond acceptors (Lipinski definition) is 7. The quantitative estimate of drug-likeness (QED) is 0.707. The molecule has 2 aromatic carbocycles. The van der Waals surface area contributed by atoms with Gasteiger partial charge in [0.25, 0.3) is 0 Å². The van der Waals surface area contributed by atoms with E-state index in [0.29, 0.717) is 35.3 Å². The van der Waals surface area contributed by atoms with Gasteiger partial charge in [-0.3, -0.25) is 0 Å². The highest BCUT2D eigenvalue weighted by molar-refractivity contribution is 7.91. The van der Waals surface area contributed by atoms with Gasteiger partial charge in [0, 0.05) is 23.7 Å². The molecule has 140 valence electrons. The van der Waals surface area contributed by atoms with Crippen molar-refractivity contribution in [2.24, 2.45) is 0 Å². The molecule has 3 aromatic rings. The molecule has 0 saturated heterocycles. The van der Waals surface area contributed by atoms with Crippen LogP contribution in [0.3, 0.4) is 0 Å². The summed E-state index contributed by atoms with van der Waals surface area (Å²) >= 11 is 6.00. The molecular formula is C18H15ClN2O5S. The summed E-state index contributed by atoms with van der Waals surface area (Å²) in [6.07, 6.45) is 0. The maximum absolute atomic E-state index is 13.1. The Bertz CT molecular complexity index is 1110. The highest BCUT2D eigenvalue weighted by atomic mass is 35.5. The summed E-state index contributed by atoms with van der Waals surface area (Å²) in [6.45, 7) is 0.788. The number of nitrogens with one attached hydrogen (secondary N) is 1. The van der Waals surface area contributed by atoms with Gasteiger partial charge in [-0.2, -0.15) is 4.98 Å². The average molecular weight is 407 g/mol. The van der Waals surface area contributed by atoms with E-state index in [9.17, 15) is 8.42 Å². The molecule has 0 fully saturated rings. The lowest BCUT2D eigenvalue weighted by molar-refractivity contribution is 0.171. The molecule has 0 amide bonds. The van der Waals surface area contributed by atoms with Gasteiger partial charge in [0.1, 0.15) is 13.2 Å². The molecule has 27 heavy (non-hydrogen) atoms. The third kappa shape index (κ3) is 3.22. The zero-order chi connectivity index (χ0) is 19.0. The van der Waals surface area contributed by atoms with Crippen molar-refractivity contribution in [1.82, 2.24) is 4.98 Å². The summed E-state index contributed by atoms with van der Waals surface area (Å²) < 4.78 is 42.8. The van der Waals surface area contributed by atoms with E-state index in [1.54, 1.807) is 37.4 Å². The number of oxazole rings is 1. The molecule has 0 bridgehead atoms. The maximum Gasteiger partial charge on any atom is 0.233 e. The molecule has 1 N–H and O–H groups in total. The molecule has 2 heterocycles. The van der Waals surface area contributed by atoms with Crippen LogP contribution in [-0.2, 0) is 9.84 Å². The molecule has 9 heteroatoms. The highest BCUT2D eigenvalue weighted by Gasteiger charge is 2.29. The standard InChI is InChI=1S/C18H15ClN2O5S/c1-20-17-18(21-16(26-17)11-3-2-4-12(19)9-11)27(22,23)13-5-6-14-15(10-13)25-8-7-24-14/h2-6,9-10,20H,7-8H2,1H3. The van der Waals surface area contributed by atoms with Crippen molar-refractivity contribution >= 4 is 27.3 Å². The molecule has 0 aliphatic carbocycles. The number of aromatic nitrogens is 1. The first-order valence-corrected chi connectivity index (χ1v) is 9.94. The van der Waals surface area contributed by atoms with Crippen molar-refractivity contribution in [3.05, 3.63) is 47.5 Å². The van der Waals surface area contributed by atoms with E-state index < -0.39 is 9.84 Å². The Labute approximate surface area is 160 Å². The van der Waals surface area contributed by atoms with Gasteiger partial charge in [-0.15, -0.1) is 0 Å². The first-order chi connectivity index (χ1) is 13.0. The van der Waals surface area contributed by atoms with Crippen LogP contribution in [-0.4, -0.2) is 33.7 Å². The predicted molar refractivity (Wildman–Crippen MR) is 99.4 cm³/mol. The molecule has 0 radical (unpaired) electrons. The van der Waals surface area contributed by atoms with Crippen molar-refractivity contribution in [1.29, 1.82) is 0 Å². The third-order valence-electron chi connectivity index (χ3n) is 3.97. The molecule has 0 spiro atoms. The lowest BCUT2D eigenvalue weighted by Gasteiger charge is -2.18. The fourth-order valence-electron chi connectivity index (χ4n) is 2.69. The van der Waals surface area contributed by atoms with Gasteiger partial charge in [-0.25, -0.2) is 8.42 Å². The summed E-state index contributed by atoms with van der Waals surface area (Å²) in [7, 11) is -2.39. The second-order valence-corrected chi connectivity index (χ2v) is 8.02. The summed E-state index contributed by atoms with van der Waals surface area (Å²) in [4.78, 5) is 4.24. The number of halogens is 1. The second-order valence-electron chi connectivity index (χ2n) is 5.72. The van der Waals surface area contributed by atoms with E-state index in [0.717, 1.165) is 0 Å². The second kappa shape index (κ2) is 6.79. The van der Waals surface area contributed by atoms with Gasteiger partial charge in [-0.1, -0.05) is 17.7 Å². The minimum absolute atomic E-state index is 0.0363. The zero-order valence-electron chi connectivity index (χ0n) is 14.2. The molecule has 0 atom stereocenters. The summed E-state index contributed by atoms with van der Waals surface area (Å²) in [5, 5.41) is 3.02. The first-order valence-electron chi connectivity index (χ1n) is 8.08. The van der Waals surface area contributed by atoms with Gasteiger partial charge in [0.15, 0.2) is 11.5 Å². The minimum atomic E-state index is -3.95. The van der Waals surface area contributed by atoms with Crippen molar-refractivity contribution < 1.29 is 22.3 Å². The molecule has 4 rings (SSSR count). The fourth-order valence-corrected chi connectivity index (χ4v) is 4.21. The van der Waals surface area contributed by atoms with E-state index in [1.165, 1.54) is 12.1 Å². The molecule has 1 aliphatic rings. The number of rotatable bonds is 4. The Morgan fingerprint density at radius 1 is 1.07 bits per heavy atom. The first kappa shape index (κ1) is 17.7. The molecular weight excluding hydrogens is 392 g/mol. The number of anilines is 1. The molecule has 0 saturated carbocycles. The largest absolute Gasteiger partial charge is 0.486 e. The fraction of sp³-hybridized carbons (Fsp3) is 0.167. The van der Waals surface area contributed by atoms with Crippen LogP contribution < -0.4 is 14.8 Å². The number of hydrogen-bond donors (Lipinski definition) is 1. The van der Waals surface area contributed by atoms with Gasteiger partial charge in [0.2, 0.25) is 26.6 Å². The molecule has 1 aliphatic heterocycles. The number of ether oxygens (including phenoxy) is 2. The average Bonchev–Trinajstić information content (AvgIpc) is 3.13. The maximum atomic E-state index is 13.1. The lowest BCUT2D eigenvalue weighted by Crippen LogP contribution is -2.16. The monoisotopic (exact) mass is 406 g/mol. The van der Waals surface area contributed by atoms with Crippen LogP contribution in [0.2, 0.25) is 5.02 Å². The van der Waals surface area contributed by atoms with Crippen LogP contribution in [0.1, 0.15) is 0 Å². The Kier molecular flexibility index (Phi) is 4.45. The molecule has 7 nitrogen and oxygen atoms in total. The van der Waals surface area contributed by atoms with E-state index in [1.807, 2.05) is 0 Å². The van der Waals surface area contributed by atoms with Gasteiger partial charge < -0.3 is 19.2 Å². The Hall–Kier alpha value is -2.71. The predicted octanol–water partition coefficient (Wildman–Crippen LogP) is 3.64. The zero-order valence-corrected chi connectivity index (χ0v) is 15.8. The number of benzene rings is 2. The smallest absolute Gasteiger partial charge is 0.233 e. The molecule has 1 aromatic heterocycles. The summed E-state index contributed by atoms with van der Waals surface area (Å²) in [6, 6.07) is 11.3. The van der Waals surface area contributed by atoms with Crippen LogP contribution in [0.25, 0.3) is 11.5 Å². The highest BCUT2D eigenvalue weighted by Crippen LogP contribution is 2.37. The van der Waals surface area contributed by atoms with Crippen molar-refractivity contribution in [3.63, 3.8) is 0 Å².